The standard InChI is InChI=1S/C22H26N4O5S/c1-2-32(30,31)25-16-18-6-4-3-5-17(18)15-21(25)22(27)24-13-11-23(12-14-24)19-7-9-20(10-8-19)26(28)29/h3-10,21H,2,11-16H2,1H3/t21-/m1/s1. The van der Waals surface area contributed by atoms with E-state index in [-0.39, 0.29) is 23.9 Å². The lowest BCUT2D eigenvalue weighted by atomic mass is 9.95. The minimum atomic E-state index is -3.54. The van der Waals surface area contributed by atoms with Crippen LogP contribution < -0.4 is 4.90 Å². The zero-order valence-electron chi connectivity index (χ0n) is 17.9. The van der Waals surface area contributed by atoms with Crippen molar-refractivity contribution >= 4 is 27.3 Å². The monoisotopic (exact) mass is 458 g/mol. The Bertz CT molecular complexity index is 1110. The van der Waals surface area contributed by atoms with Crippen LogP contribution in [0.5, 0.6) is 0 Å². The molecule has 0 radical (unpaired) electrons. The number of hydrogen-bond donors (Lipinski definition) is 0. The molecule has 1 saturated heterocycles. The van der Waals surface area contributed by atoms with Crippen molar-refractivity contribution < 1.29 is 18.1 Å². The van der Waals surface area contributed by atoms with Crippen LogP contribution in [0.25, 0.3) is 0 Å². The maximum Gasteiger partial charge on any atom is 0.269 e. The highest BCUT2D eigenvalue weighted by atomic mass is 32.2. The third kappa shape index (κ3) is 4.33. The van der Waals surface area contributed by atoms with Gasteiger partial charge in [0.25, 0.3) is 5.69 Å². The fourth-order valence-electron chi connectivity index (χ4n) is 4.35. The second-order valence-corrected chi connectivity index (χ2v) is 10.2. The van der Waals surface area contributed by atoms with E-state index in [1.54, 1.807) is 24.0 Å². The highest BCUT2D eigenvalue weighted by Gasteiger charge is 2.40. The summed E-state index contributed by atoms with van der Waals surface area (Å²) < 4.78 is 26.9. The van der Waals surface area contributed by atoms with Gasteiger partial charge in [-0.1, -0.05) is 24.3 Å². The Labute approximate surface area is 187 Å². The van der Waals surface area contributed by atoms with Crippen molar-refractivity contribution in [2.75, 3.05) is 36.8 Å². The summed E-state index contributed by atoms with van der Waals surface area (Å²) >= 11 is 0. The Balaban J connectivity index is 1.48. The van der Waals surface area contributed by atoms with Gasteiger partial charge in [0.2, 0.25) is 15.9 Å². The Morgan fingerprint density at radius 1 is 1.03 bits per heavy atom. The quantitative estimate of drug-likeness (QED) is 0.502. The molecule has 2 heterocycles. The summed E-state index contributed by atoms with van der Waals surface area (Å²) in [5, 5.41) is 10.9. The number of rotatable bonds is 5. The lowest BCUT2D eigenvalue weighted by Gasteiger charge is -2.41. The molecule has 2 aliphatic heterocycles. The van der Waals surface area contributed by atoms with E-state index in [1.165, 1.54) is 16.4 Å². The molecule has 0 aromatic heterocycles. The number of nitrogens with zero attached hydrogens (tertiary/aromatic N) is 4. The first-order valence-corrected chi connectivity index (χ1v) is 12.3. The van der Waals surface area contributed by atoms with Crippen LogP contribution >= 0.6 is 0 Å². The fraction of sp³-hybridized carbons (Fsp3) is 0.409. The van der Waals surface area contributed by atoms with Gasteiger partial charge in [-0.25, -0.2) is 8.42 Å². The molecule has 0 unspecified atom stereocenters. The van der Waals surface area contributed by atoms with Crippen LogP contribution in [0.4, 0.5) is 11.4 Å². The van der Waals surface area contributed by atoms with Gasteiger partial charge in [0.05, 0.1) is 10.7 Å². The van der Waals surface area contributed by atoms with Crippen molar-refractivity contribution in [2.24, 2.45) is 0 Å². The van der Waals surface area contributed by atoms with E-state index < -0.39 is 21.0 Å². The summed E-state index contributed by atoms with van der Waals surface area (Å²) in [7, 11) is -3.54. The first-order chi connectivity index (χ1) is 15.3. The molecule has 2 aromatic rings. The number of sulfonamides is 1. The van der Waals surface area contributed by atoms with Crippen LogP contribution in [0.3, 0.4) is 0 Å². The van der Waals surface area contributed by atoms with Crippen LogP contribution in [0.2, 0.25) is 0 Å². The van der Waals surface area contributed by atoms with Crippen LogP contribution in [0.15, 0.2) is 48.5 Å². The van der Waals surface area contributed by atoms with Crippen molar-refractivity contribution in [1.29, 1.82) is 0 Å². The molecule has 170 valence electrons. The van der Waals surface area contributed by atoms with Gasteiger partial charge < -0.3 is 9.80 Å². The van der Waals surface area contributed by atoms with Crippen LogP contribution in [-0.4, -0.2) is 66.4 Å². The maximum atomic E-state index is 13.4. The van der Waals surface area contributed by atoms with E-state index in [0.29, 0.717) is 32.6 Å². The molecular weight excluding hydrogens is 432 g/mol. The van der Waals surface area contributed by atoms with Gasteiger partial charge in [0.1, 0.15) is 6.04 Å². The van der Waals surface area contributed by atoms with Gasteiger partial charge in [-0.2, -0.15) is 4.31 Å². The summed E-state index contributed by atoms with van der Waals surface area (Å²) in [6, 6.07) is 13.3. The summed E-state index contributed by atoms with van der Waals surface area (Å²) in [5.74, 6) is -0.216. The van der Waals surface area contributed by atoms with Gasteiger partial charge in [0, 0.05) is 50.5 Å². The topological polar surface area (TPSA) is 104 Å². The van der Waals surface area contributed by atoms with Gasteiger partial charge in [0.15, 0.2) is 0 Å². The average Bonchev–Trinajstić information content (AvgIpc) is 2.83. The predicted molar refractivity (Wildman–Crippen MR) is 121 cm³/mol. The van der Waals surface area contributed by atoms with E-state index >= 15 is 0 Å². The molecule has 0 bridgehead atoms. The van der Waals surface area contributed by atoms with E-state index in [4.69, 9.17) is 0 Å². The van der Waals surface area contributed by atoms with Crippen molar-refractivity contribution in [2.45, 2.75) is 25.9 Å². The lowest BCUT2D eigenvalue weighted by Crippen LogP contribution is -2.57. The normalized spacial score (nSPS) is 19.5. The molecule has 32 heavy (non-hydrogen) atoms. The largest absolute Gasteiger partial charge is 0.368 e. The summed E-state index contributed by atoms with van der Waals surface area (Å²) in [6.07, 6.45) is 0.372. The lowest BCUT2D eigenvalue weighted by molar-refractivity contribution is -0.384. The maximum absolute atomic E-state index is 13.4. The molecule has 2 aromatic carbocycles. The SMILES string of the molecule is CCS(=O)(=O)N1Cc2ccccc2C[C@@H]1C(=O)N1CCN(c2ccc([N+](=O)[O-])cc2)CC1. The minimum absolute atomic E-state index is 0.0392. The fourth-order valence-corrected chi connectivity index (χ4v) is 5.57. The number of anilines is 1. The highest BCUT2D eigenvalue weighted by Crippen LogP contribution is 2.28. The Hall–Kier alpha value is -2.98. The molecule has 1 atom stereocenters. The van der Waals surface area contributed by atoms with Crippen LogP contribution in [0, 0.1) is 10.1 Å². The van der Waals surface area contributed by atoms with Gasteiger partial charge in [-0.05, 0) is 36.6 Å². The van der Waals surface area contributed by atoms with Crippen molar-refractivity contribution in [1.82, 2.24) is 9.21 Å². The van der Waals surface area contributed by atoms with Crippen LogP contribution in [0.1, 0.15) is 18.1 Å². The number of carbonyl (C=O) groups excluding carboxylic acids is 1. The molecule has 1 fully saturated rings. The molecule has 0 aliphatic carbocycles. The molecule has 9 nitrogen and oxygen atoms in total. The number of non-ortho nitro benzene ring substituents is 1. The Morgan fingerprint density at radius 2 is 1.66 bits per heavy atom. The molecule has 4 rings (SSSR count). The summed E-state index contributed by atoms with van der Waals surface area (Å²) in [5.41, 5.74) is 2.86. The number of nitro groups is 1. The first kappa shape index (κ1) is 22.2. The number of piperazine rings is 1. The van der Waals surface area contributed by atoms with Crippen molar-refractivity contribution in [3.05, 3.63) is 69.8 Å². The Kier molecular flexibility index (Phi) is 6.16. The predicted octanol–water partition coefficient (Wildman–Crippen LogP) is 2.02. The summed E-state index contributed by atoms with van der Waals surface area (Å²) in [6.45, 7) is 3.90. The second kappa shape index (κ2) is 8.87. The number of fused-ring (bicyclic) bond motifs is 1. The second-order valence-electron chi connectivity index (χ2n) is 8.02. The molecule has 1 amide bonds. The molecule has 0 saturated carbocycles. The average molecular weight is 459 g/mol. The summed E-state index contributed by atoms with van der Waals surface area (Å²) in [4.78, 5) is 27.7. The van der Waals surface area contributed by atoms with E-state index in [1.807, 2.05) is 24.3 Å². The number of nitro benzene ring substituents is 1. The first-order valence-electron chi connectivity index (χ1n) is 10.6. The van der Waals surface area contributed by atoms with Gasteiger partial charge >= 0.3 is 0 Å². The Morgan fingerprint density at radius 3 is 2.25 bits per heavy atom. The third-order valence-corrected chi connectivity index (χ3v) is 8.06. The van der Waals surface area contributed by atoms with Crippen molar-refractivity contribution in [3.63, 3.8) is 0 Å². The molecular formula is C22H26N4O5S. The smallest absolute Gasteiger partial charge is 0.269 e. The molecule has 0 spiro atoms. The van der Waals surface area contributed by atoms with E-state index in [9.17, 15) is 23.3 Å². The minimum Gasteiger partial charge on any atom is -0.368 e. The highest BCUT2D eigenvalue weighted by molar-refractivity contribution is 7.89. The van der Waals surface area contributed by atoms with Crippen LogP contribution in [-0.2, 0) is 27.8 Å². The number of amides is 1. The third-order valence-electron chi connectivity index (χ3n) is 6.23. The molecule has 10 heteroatoms. The number of carbonyl (C=O) groups is 1. The zero-order chi connectivity index (χ0) is 22.9. The van der Waals surface area contributed by atoms with Gasteiger partial charge in [-0.3, -0.25) is 14.9 Å². The molecule has 0 N–H and O–H groups in total. The van der Waals surface area contributed by atoms with E-state index in [0.717, 1.165) is 16.8 Å². The zero-order valence-corrected chi connectivity index (χ0v) is 18.7. The van der Waals surface area contributed by atoms with E-state index in [2.05, 4.69) is 4.90 Å². The number of hydrogen-bond acceptors (Lipinski definition) is 6. The van der Waals surface area contributed by atoms with Gasteiger partial charge in [-0.15, -0.1) is 0 Å². The van der Waals surface area contributed by atoms with Crippen molar-refractivity contribution in [3.8, 4) is 0 Å². The molecule has 2 aliphatic rings. The number of benzene rings is 2.